The van der Waals surface area contributed by atoms with Crippen molar-refractivity contribution in [3.8, 4) is 0 Å². The molecular formula is C14H18O4S. The van der Waals surface area contributed by atoms with Crippen molar-refractivity contribution in [2.75, 3.05) is 12.9 Å². The van der Waals surface area contributed by atoms with E-state index in [0.29, 0.717) is 4.90 Å². The first-order valence-corrected chi connectivity index (χ1v) is 7.22. The first kappa shape index (κ1) is 15.7. The molecule has 1 atom stereocenters. The van der Waals surface area contributed by atoms with Crippen molar-refractivity contribution < 1.29 is 18.9 Å². The van der Waals surface area contributed by atoms with Gasteiger partial charge >= 0.3 is 5.97 Å². The molecule has 0 aliphatic heterocycles. The van der Waals surface area contributed by atoms with E-state index in [1.807, 2.05) is 6.07 Å². The van der Waals surface area contributed by atoms with Gasteiger partial charge in [0.05, 0.1) is 12.5 Å². The van der Waals surface area contributed by atoms with E-state index in [9.17, 15) is 14.1 Å². The zero-order valence-corrected chi connectivity index (χ0v) is 12.2. The van der Waals surface area contributed by atoms with E-state index in [0.717, 1.165) is 0 Å². The average Bonchev–Trinajstić information content (AvgIpc) is 2.37. The van der Waals surface area contributed by atoms with Gasteiger partial charge < -0.3 is 9.29 Å². The highest BCUT2D eigenvalue weighted by molar-refractivity contribution is 7.92. The summed E-state index contributed by atoms with van der Waals surface area (Å²) in [6.07, 6.45) is 0.0260. The van der Waals surface area contributed by atoms with Gasteiger partial charge in [-0.3, -0.25) is 9.59 Å². The number of carbonyl (C=O) groups is 2. The second-order valence-electron chi connectivity index (χ2n) is 4.89. The van der Waals surface area contributed by atoms with Gasteiger partial charge in [-0.05, 0) is 37.2 Å². The van der Waals surface area contributed by atoms with Crippen LogP contribution in [-0.2, 0) is 25.5 Å². The molecule has 104 valence electrons. The lowest BCUT2D eigenvalue weighted by Crippen LogP contribution is -2.30. The smallest absolute Gasteiger partial charge is 0.311 e. The predicted molar refractivity (Wildman–Crippen MR) is 73.1 cm³/mol. The summed E-state index contributed by atoms with van der Waals surface area (Å²) in [6.45, 7) is 3.28. The third-order valence-corrected chi connectivity index (χ3v) is 4.06. The number of hydrogen-bond acceptors (Lipinski definition) is 4. The Kier molecular flexibility index (Phi) is 5.57. The molecule has 0 radical (unpaired) electrons. The van der Waals surface area contributed by atoms with Crippen LogP contribution < -0.4 is 0 Å². The Balaban J connectivity index is 2.59. The second kappa shape index (κ2) is 6.73. The molecule has 0 aromatic heterocycles. The topological polar surface area (TPSA) is 66.4 Å². The fourth-order valence-electron chi connectivity index (χ4n) is 1.69. The Morgan fingerprint density at radius 2 is 1.84 bits per heavy atom. The van der Waals surface area contributed by atoms with Gasteiger partial charge in [0.2, 0.25) is 0 Å². The van der Waals surface area contributed by atoms with E-state index in [-0.39, 0.29) is 18.0 Å². The van der Waals surface area contributed by atoms with Crippen LogP contribution >= 0.6 is 0 Å². The van der Waals surface area contributed by atoms with Crippen LogP contribution in [0.5, 0.6) is 0 Å². The van der Waals surface area contributed by atoms with E-state index in [4.69, 9.17) is 0 Å². The van der Waals surface area contributed by atoms with Crippen molar-refractivity contribution in [2.45, 2.75) is 25.2 Å². The first-order valence-electron chi connectivity index (χ1n) is 5.90. The van der Waals surface area contributed by atoms with Crippen molar-refractivity contribution in [1.29, 1.82) is 0 Å². The number of carbonyl (C=O) groups excluding carboxylic acids is 2. The number of ketones is 1. The van der Waals surface area contributed by atoms with Gasteiger partial charge in [0.1, 0.15) is 0 Å². The summed E-state index contributed by atoms with van der Waals surface area (Å²) in [5.74, 6) is -0.728. The zero-order valence-electron chi connectivity index (χ0n) is 11.3. The van der Waals surface area contributed by atoms with Gasteiger partial charge in [-0.25, -0.2) is 0 Å². The number of esters is 1. The maximum absolute atomic E-state index is 12.0. The maximum atomic E-state index is 12.0. The summed E-state index contributed by atoms with van der Waals surface area (Å²) in [6, 6.07) is 8.80. The van der Waals surface area contributed by atoms with Gasteiger partial charge in [-0.15, -0.1) is 0 Å². The molecule has 0 aliphatic rings. The molecule has 1 aromatic rings. The summed E-state index contributed by atoms with van der Waals surface area (Å²) >= 11 is -1.37. The van der Waals surface area contributed by atoms with Gasteiger partial charge in [-0.2, -0.15) is 0 Å². The molecule has 1 aromatic carbocycles. The van der Waals surface area contributed by atoms with Crippen LogP contribution in [0.15, 0.2) is 35.2 Å². The largest absolute Gasteiger partial charge is 0.611 e. The first-order chi connectivity index (χ1) is 8.86. The predicted octanol–water partition coefficient (Wildman–Crippen LogP) is 1.95. The van der Waals surface area contributed by atoms with Crippen LogP contribution in [0, 0.1) is 5.41 Å². The maximum Gasteiger partial charge on any atom is 0.311 e. The highest BCUT2D eigenvalue weighted by atomic mass is 32.2. The second-order valence-corrected chi connectivity index (χ2v) is 6.34. The number of hydrogen-bond donors (Lipinski definition) is 0. The average molecular weight is 282 g/mol. The molecular weight excluding hydrogens is 264 g/mol. The van der Waals surface area contributed by atoms with Gasteiger partial charge in [0, 0.05) is 6.42 Å². The van der Waals surface area contributed by atoms with E-state index in [1.165, 1.54) is 7.11 Å². The molecule has 1 unspecified atom stereocenters. The summed E-state index contributed by atoms with van der Waals surface area (Å²) in [7, 11) is 1.29. The normalized spacial score (nSPS) is 12.8. The number of Topliss-reactive ketones (excluding diaryl/α,β-unsaturated/α-hetero) is 1. The highest BCUT2D eigenvalue weighted by Crippen LogP contribution is 2.23. The molecule has 0 heterocycles. The van der Waals surface area contributed by atoms with Crippen LogP contribution in [0.3, 0.4) is 0 Å². The number of benzene rings is 1. The summed E-state index contributed by atoms with van der Waals surface area (Å²) in [4.78, 5) is 24.0. The molecule has 0 aliphatic carbocycles. The Morgan fingerprint density at radius 3 is 2.37 bits per heavy atom. The lowest BCUT2D eigenvalue weighted by atomic mass is 9.88. The molecule has 19 heavy (non-hydrogen) atoms. The van der Waals surface area contributed by atoms with Crippen molar-refractivity contribution in [2.24, 2.45) is 5.41 Å². The number of rotatable bonds is 6. The van der Waals surface area contributed by atoms with E-state index in [2.05, 4.69) is 4.74 Å². The van der Waals surface area contributed by atoms with Gasteiger partial charge in [-0.1, -0.05) is 18.2 Å². The molecule has 0 spiro atoms. The SMILES string of the molecule is COC(=O)C(C)(C)CC(=O)C[S+]([O-])c1ccccc1. The fraction of sp³-hybridized carbons (Fsp3) is 0.429. The monoisotopic (exact) mass is 282 g/mol. The van der Waals surface area contributed by atoms with Crippen molar-refractivity contribution >= 4 is 22.9 Å². The summed E-state index contributed by atoms with van der Waals surface area (Å²) in [5, 5.41) is 0. The molecule has 0 saturated heterocycles. The van der Waals surface area contributed by atoms with Crippen molar-refractivity contribution in [3.63, 3.8) is 0 Å². The standard InChI is InChI=1S/C14H18O4S/c1-14(2,13(16)18-3)9-11(15)10-19(17)12-7-5-4-6-8-12/h4-8H,9-10H2,1-3H3. The summed E-state index contributed by atoms with van der Waals surface area (Å²) in [5.41, 5.74) is -0.882. The molecule has 0 fully saturated rings. The minimum atomic E-state index is -1.37. The Labute approximate surface area is 116 Å². The minimum Gasteiger partial charge on any atom is -0.611 e. The van der Waals surface area contributed by atoms with E-state index in [1.54, 1.807) is 38.1 Å². The van der Waals surface area contributed by atoms with Crippen LogP contribution in [0.25, 0.3) is 0 Å². The fourth-order valence-corrected chi connectivity index (χ4v) is 2.72. The molecule has 0 bridgehead atoms. The van der Waals surface area contributed by atoms with Crippen LogP contribution in [0.4, 0.5) is 0 Å². The van der Waals surface area contributed by atoms with Crippen LogP contribution in [0.2, 0.25) is 0 Å². The van der Waals surface area contributed by atoms with Crippen molar-refractivity contribution in [1.82, 2.24) is 0 Å². The molecule has 0 amide bonds. The third kappa shape index (κ3) is 4.69. The molecule has 1 rings (SSSR count). The number of methoxy groups -OCH3 is 1. The molecule has 4 nitrogen and oxygen atoms in total. The lowest BCUT2D eigenvalue weighted by molar-refractivity contribution is -0.152. The molecule has 0 saturated carbocycles. The van der Waals surface area contributed by atoms with Gasteiger partial charge in [0.25, 0.3) is 0 Å². The van der Waals surface area contributed by atoms with E-state index < -0.39 is 22.6 Å². The summed E-state index contributed by atoms with van der Waals surface area (Å²) < 4.78 is 16.6. The Bertz CT molecular complexity index is 442. The zero-order chi connectivity index (χ0) is 14.5. The Hall–Kier alpha value is -1.33. The quantitative estimate of drug-likeness (QED) is 0.591. The highest BCUT2D eigenvalue weighted by Gasteiger charge is 2.33. The van der Waals surface area contributed by atoms with E-state index >= 15 is 0 Å². The van der Waals surface area contributed by atoms with Gasteiger partial charge in [0.15, 0.2) is 16.4 Å². The third-order valence-electron chi connectivity index (χ3n) is 2.68. The van der Waals surface area contributed by atoms with Crippen LogP contribution in [-0.4, -0.2) is 29.2 Å². The molecule has 0 N–H and O–H groups in total. The van der Waals surface area contributed by atoms with Crippen LogP contribution in [0.1, 0.15) is 20.3 Å². The molecule has 5 heteroatoms. The van der Waals surface area contributed by atoms with Crippen molar-refractivity contribution in [3.05, 3.63) is 30.3 Å². The number of ether oxygens (including phenoxy) is 1. The minimum absolute atomic E-state index is 0.0260. The Morgan fingerprint density at radius 1 is 1.26 bits per heavy atom. The lowest BCUT2D eigenvalue weighted by Gasteiger charge is -2.20.